The lowest BCUT2D eigenvalue weighted by Gasteiger charge is -2.23. The van der Waals surface area contributed by atoms with Crippen LogP contribution in [0.2, 0.25) is 5.02 Å². The second-order valence-electron chi connectivity index (χ2n) is 6.58. The second kappa shape index (κ2) is 6.62. The van der Waals surface area contributed by atoms with Gasteiger partial charge in [0.1, 0.15) is 5.75 Å². The zero-order valence-electron chi connectivity index (χ0n) is 13.7. The highest BCUT2D eigenvalue weighted by Crippen LogP contribution is 2.31. The normalized spacial score (nSPS) is 11.5. The van der Waals surface area contributed by atoms with Gasteiger partial charge in [0.05, 0.1) is 0 Å². The molecule has 118 valence electrons. The molecule has 0 radical (unpaired) electrons. The van der Waals surface area contributed by atoms with Crippen molar-refractivity contribution < 1.29 is 5.11 Å². The van der Waals surface area contributed by atoms with Crippen molar-refractivity contribution in [1.29, 1.82) is 0 Å². The quantitative estimate of drug-likeness (QED) is 0.778. The average Bonchev–Trinajstić information content (AvgIpc) is 2.47. The van der Waals surface area contributed by atoms with Gasteiger partial charge in [0, 0.05) is 22.8 Å². The average molecular weight is 318 g/mol. The number of halogens is 1. The van der Waals surface area contributed by atoms with Gasteiger partial charge in [-0.3, -0.25) is 0 Å². The van der Waals surface area contributed by atoms with Gasteiger partial charge in [0.15, 0.2) is 0 Å². The molecule has 2 N–H and O–H groups in total. The number of rotatable bonds is 4. The van der Waals surface area contributed by atoms with E-state index in [0.29, 0.717) is 17.3 Å². The molecule has 2 aromatic rings. The van der Waals surface area contributed by atoms with Crippen LogP contribution in [0.4, 0.5) is 5.69 Å². The molecule has 3 heteroatoms. The molecule has 0 fully saturated rings. The molecule has 0 heterocycles. The number of nitrogens with one attached hydrogen (secondary N) is 1. The maximum absolute atomic E-state index is 10.3. The molecule has 0 aliphatic carbocycles. The first-order valence-corrected chi connectivity index (χ1v) is 8.04. The summed E-state index contributed by atoms with van der Waals surface area (Å²) in [4.78, 5) is 0. The lowest BCUT2D eigenvalue weighted by Crippen LogP contribution is -2.14. The van der Waals surface area contributed by atoms with Crippen molar-refractivity contribution in [3.8, 4) is 5.75 Å². The van der Waals surface area contributed by atoms with Crippen LogP contribution in [0.5, 0.6) is 5.75 Å². The lowest BCUT2D eigenvalue weighted by molar-refractivity contribution is 0.462. The molecular weight excluding hydrogens is 294 g/mol. The highest BCUT2D eigenvalue weighted by molar-refractivity contribution is 6.30. The summed E-state index contributed by atoms with van der Waals surface area (Å²) in [7, 11) is 0. The Morgan fingerprint density at radius 2 is 1.73 bits per heavy atom. The van der Waals surface area contributed by atoms with Gasteiger partial charge >= 0.3 is 0 Å². The summed E-state index contributed by atoms with van der Waals surface area (Å²) in [5, 5.41) is 14.4. The van der Waals surface area contributed by atoms with E-state index >= 15 is 0 Å². The number of hydrogen-bond donors (Lipinski definition) is 2. The van der Waals surface area contributed by atoms with Crippen molar-refractivity contribution in [2.24, 2.45) is 0 Å². The molecule has 0 spiro atoms. The summed E-state index contributed by atoms with van der Waals surface area (Å²) < 4.78 is 0. The highest BCUT2D eigenvalue weighted by atomic mass is 35.5. The standard InChI is InChI=1S/C19H24ClNO/c1-5-13-10-15(20)11-14(18(13)22)12-21-17-9-7-6-8-16(17)19(2,3)4/h6-11,21-22H,5,12H2,1-4H3. The summed E-state index contributed by atoms with van der Waals surface area (Å²) in [6.45, 7) is 9.14. The minimum absolute atomic E-state index is 0.0640. The van der Waals surface area contributed by atoms with Gasteiger partial charge in [0.2, 0.25) is 0 Å². The number of anilines is 1. The summed E-state index contributed by atoms with van der Waals surface area (Å²) >= 11 is 6.15. The monoisotopic (exact) mass is 317 g/mol. The molecule has 0 bridgehead atoms. The molecule has 0 saturated heterocycles. The first-order chi connectivity index (χ1) is 10.3. The number of phenols is 1. The van der Waals surface area contributed by atoms with Gasteiger partial charge in [-0.25, -0.2) is 0 Å². The number of aromatic hydroxyl groups is 1. The van der Waals surface area contributed by atoms with E-state index in [2.05, 4.69) is 44.3 Å². The maximum atomic E-state index is 10.3. The summed E-state index contributed by atoms with van der Waals surface area (Å²) in [6, 6.07) is 11.9. The lowest BCUT2D eigenvalue weighted by atomic mass is 9.86. The molecule has 0 aliphatic heterocycles. The van der Waals surface area contributed by atoms with Crippen molar-refractivity contribution >= 4 is 17.3 Å². The second-order valence-corrected chi connectivity index (χ2v) is 7.01. The van der Waals surface area contributed by atoms with E-state index < -0.39 is 0 Å². The van der Waals surface area contributed by atoms with E-state index in [9.17, 15) is 5.11 Å². The minimum Gasteiger partial charge on any atom is -0.507 e. The van der Waals surface area contributed by atoms with E-state index in [4.69, 9.17) is 11.6 Å². The largest absolute Gasteiger partial charge is 0.507 e. The predicted octanol–water partition coefficient (Wildman–Crippen LogP) is 5.52. The molecule has 0 unspecified atom stereocenters. The van der Waals surface area contributed by atoms with Crippen LogP contribution in [0.15, 0.2) is 36.4 Å². The van der Waals surface area contributed by atoms with Crippen LogP contribution in [-0.4, -0.2) is 5.11 Å². The summed E-state index contributed by atoms with van der Waals surface area (Å²) in [5.74, 6) is 0.340. The zero-order valence-corrected chi connectivity index (χ0v) is 14.5. The fourth-order valence-corrected chi connectivity index (χ4v) is 2.87. The van der Waals surface area contributed by atoms with E-state index in [0.717, 1.165) is 23.2 Å². The van der Waals surface area contributed by atoms with E-state index in [1.807, 2.05) is 25.1 Å². The summed E-state index contributed by atoms with van der Waals surface area (Å²) in [5.41, 5.74) is 4.12. The SMILES string of the molecule is CCc1cc(Cl)cc(CNc2ccccc2C(C)(C)C)c1O. The van der Waals surface area contributed by atoms with Crippen LogP contribution in [-0.2, 0) is 18.4 Å². The van der Waals surface area contributed by atoms with E-state index in [-0.39, 0.29) is 5.41 Å². The first-order valence-electron chi connectivity index (χ1n) is 7.66. The van der Waals surface area contributed by atoms with Crippen molar-refractivity contribution in [2.45, 2.75) is 46.1 Å². The Bertz CT molecular complexity index is 659. The number of phenolic OH excluding ortho intramolecular Hbond substituents is 1. The van der Waals surface area contributed by atoms with Gasteiger partial charge in [-0.15, -0.1) is 0 Å². The van der Waals surface area contributed by atoms with E-state index in [1.54, 1.807) is 0 Å². The molecule has 0 atom stereocenters. The third kappa shape index (κ3) is 3.75. The molecule has 22 heavy (non-hydrogen) atoms. The van der Waals surface area contributed by atoms with Crippen molar-refractivity contribution in [3.63, 3.8) is 0 Å². The van der Waals surface area contributed by atoms with Crippen LogP contribution in [0, 0.1) is 0 Å². The third-order valence-electron chi connectivity index (χ3n) is 3.82. The molecule has 0 saturated carbocycles. The number of hydrogen-bond acceptors (Lipinski definition) is 2. The Morgan fingerprint density at radius 1 is 1.09 bits per heavy atom. The fourth-order valence-electron chi connectivity index (χ4n) is 2.60. The van der Waals surface area contributed by atoms with Crippen LogP contribution in [0.1, 0.15) is 44.4 Å². The van der Waals surface area contributed by atoms with Crippen LogP contribution >= 0.6 is 11.6 Å². The molecule has 2 rings (SSSR count). The van der Waals surface area contributed by atoms with Gasteiger partial charge in [-0.1, -0.05) is 57.5 Å². The number of para-hydroxylation sites is 1. The Balaban J connectivity index is 2.27. The Kier molecular flexibility index (Phi) is 5.02. The van der Waals surface area contributed by atoms with Gasteiger partial charge in [-0.05, 0) is 41.2 Å². The third-order valence-corrected chi connectivity index (χ3v) is 4.04. The fraction of sp³-hybridized carbons (Fsp3) is 0.368. The predicted molar refractivity (Wildman–Crippen MR) is 95.0 cm³/mol. The summed E-state index contributed by atoms with van der Waals surface area (Å²) in [6.07, 6.45) is 0.762. The molecular formula is C19H24ClNO. The molecule has 0 amide bonds. The topological polar surface area (TPSA) is 32.3 Å². The van der Waals surface area contributed by atoms with Crippen molar-refractivity contribution in [3.05, 3.63) is 58.1 Å². The van der Waals surface area contributed by atoms with Gasteiger partial charge in [-0.2, -0.15) is 0 Å². The Labute approximate surface area is 138 Å². The van der Waals surface area contributed by atoms with Crippen molar-refractivity contribution in [2.75, 3.05) is 5.32 Å². The maximum Gasteiger partial charge on any atom is 0.123 e. The molecule has 0 aliphatic rings. The number of aryl methyl sites for hydroxylation is 1. The highest BCUT2D eigenvalue weighted by Gasteiger charge is 2.17. The zero-order chi connectivity index (χ0) is 16.3. The number of benzene rings is 2. The van der Waals surface area contributed by atoms with Gasteiger partial charge in [0.25, 0.3) is 0 Å². The Morgan fingerprint density at radius 3 is 2.36 bits per heavy atom. The molecule has 0 aromatic heterocycles. The van der Waals surface area contributed by atoms with Crippen molar-refractivity contribution in [1.82, 2.24) is 0 Å². The Hall–Kier alpha value is -1.67. The molecule has 2 nitrogen and oxygen atoms in total. The molecule has 2 aromatic carbocycles. The smallest absolute Gasteiger partial charge is 0.123 e. The minimum atomic E-state index is 0.0640. The van der Waals surface area contributed by atoms with Crippen LogP contribution < -0.4 is 5.32 Å². The first kappa shape index (κ1) is 16.7. The van der Waals surface area contributed by atoms with Crippen LogP contribution in [0.25, 0.3) is 0 Å². The van der Waals surface area contributed by atoms with Crippen LogP contribution in [0.3, 0.4) is 0 Å². The van der Waals surface area contributed by atoms with Gasteiger partial charge < -0.3 is 10.4 Å². The van der Waals surface area contributed by atoms with E-state index in [1.165, 1.54) is 5.56 Å².